The molecule has 1 amide bonds. The van der Waals surface area contributed by atoms with Crippen molar-refractivity contribution in [2.24, 2.45) is 0 Å². The second-order valence-corrected chi connectivity index (χ2v) is 10.7. The standard InChI is InChI=1S/C25H22ClN5O3S/c1-16-7-8-18(13-21(16)24-27-15-17-5-3-4-6-23(17)29-24)28-25(32)20-10-9-19(14-22(20)26)31-12-11-30(2)35(31,33)34/h3-10,13-15H,11-12H2,1-2H3,(H,28,32). The molecule has 1 aliphatic rings. The second-order valence-electron chi connectivity index (χ2n) is 8.30. The Kier molecular flexibility index (Phi) is 5.92. The van der Waals surface area contributed by atoms with Gasteiger partial charge in [-0.15, -0.1) is 0 Å². The SMILES string of the molecule is Cc1ccc(NC(=O)c2ccc(N3CCN(C)S3(=O)=O)cc2Cl)cc1-c1ncc2ccccc2n1. The van der Waals surface area contributed by atoms with Crippen LogP contribution in [-0.2, 0) is 10.2 Å². The Morgan fingerprint density at radius 1 is 1.06 bits per heavy atom. The van der Waals surface area contributed by atoms with E-state index >= 15 is 0 Å². The summed E-state index contributed by atoms with van der Waals surface area (Å²) >= 11 is 6.39. The Labute approximate surface area is 208 Å². The number of likely N-dealkylation sites (N-methyl/N-ethyl adjacent to an activating group) is 1. The minimum Gasteiger partial charge on any atom is -0.322 e. The van der Waals surface area contributed by atoms with E-state index in [4.69, 9.17) is 11.6 Å². The number of anilines is 2. The molecule has 0 bridgehead atoms. The fourth-order valence-corrected chi connectivity index (χ4v) is 5.58. The first-order valence-electron chi connectivity index (χ1n) is 10.9. The number of rotatable bonds is 4. The lowest BCUT2D eigenvalue weighted by molar-refractivity contribution is 0.102. The first kappa shape index (κ1) is 23.2. The molecule has 0 atom stereocenters. The summed E-state index contributed by atoms with van der Waals surface area (Å²) < 4.78 is 27.4. The van der Waals surface area contributed by atoms with Crippen molar-refractivity contribution >= 4 is 50.0 Å². The van der Waals surface area contributed by atoms with Crippen LogP contribution in [0.1, 0.15) is 15.9 Å². The van der Waals surface area contributed by atoms with E-state index in [1.54, 1.807) is 18.3 Å². The summed E-state index contributed by atoms with van der Waals surface area (Å²) in [7, 11) is -2.05. The van der Waals surface area contributed by atoms with Crippen LogP contribution in [0.3, 0.4) is 0 Å². The van der Waals surface area contributed by atoms with E-state index < -0.39 is 16.1 Å². The number of aryl methyl sites for hydroxylation is 1. The number of benzene rings is 3. The van der Waals surface area contributed by atoms with Gasteiger partial charge in [0.05, 0.1) is 21.8 Å². The van der Waals surface area contributed by atoms with Crippen molar-refractivity contribution in [2.75, 3.05) is 29.8 Å². The molecule has 8 nitrogen and oxygen atoms in total. The minimum atomic E-state index is -3.57. The predicted molar refractivity (Wildman–Crippen MR) is 138 cm³/mol. The molecule has 0 spiro atoms. The lowest BCUT2D eigenvalue weighted by atomic mass is 10.1. The van der Waals surface area contributed by atoms with Crippen LogP contribution in [0.5, 0.6) is 0 Å². The molecule has 1 N–H and O–H groups in total. The third-order valence-electron chi connectivity index (χ3n) is 6.00. The number of nitrogens with zero attached hydrogens (tertiary/aromatic N) is 4. The van der Waals surface area contributed by atoms with E-state index in [9.17, 15) is 13.2 Å². The Morgan fingerprint density at radius 3 is 2.60 bits per heavy atom. The van der Waals surface area contributed by atoms with E-state index in [2.05, 4.69) is 15.3 Å². The van der Waals surface area contributed by atoms with Crippen LogP contribution in [0, 0.1) is 6.92 Å². The van der Waals surface area contributed by atoms with Gasteiger partial charge in [0.15, 0.2) is 5.82 Å². The van der Waals surface area contributed by atoms with E-state index in [0.717, 1.165) is 22.0 Å². The molecule has 1 aliphatic heterocycles. The Morgan fingerprint density at radius 2 is 1.86 bits per heavy atom. The van der Waals surface area contributed by atoms with Crippen LogP contribution >= 0.6 is 11.6 Å². The summed E-state index contributed by atoms with van der Waals surface area (Å²) in [5, 5.41) is 3.98. The van der Waals surface area contributed by atoms with Crippen LogP contribution in [0.25, 0.3) is 22.3 Å². The molecule has 1 aromatic heterocycles. The first-order chi connectivity index (χ1) is 16.7. The zero-order valence-electron chi connectivity index (χ0n) is 19.1. The second kappa shape index (κ2) is 8.92. The molecule has 35 heavy (non-hydrogen) atoms. The quantitative estimate of drug-likeness (QED) is 0.438. The highest BCUT2D eigenvalue weighted by Crippen LogP contribution is 2.30. The van der Waals surface area contributed by atoms with Crippen molar-refractivity contribution in [3.63, 3.8) is 0 Å². The van der Waals surface area contributed by atoms with Gasteiger partial charge in [0, 0.05) is 43.0 Å². The molecular formula is C25H22ClN5O3S. The van der Waals surface area contributed by atoms with Crippen LogP contribution in [0.2, 0.25) is 5.02 Å². The van der Waals surface area contributed by atoms with Crippen molar-refractivity contribution in [1.29, 1.82) is 0 Å². The van der Waals surface area contributed by atoms with E-state index in [1.807, 2.05) is 43.3 Å². The maximum Gasteiger partial charge on any atom is 0.303 e. The molecule has 0 unspecified atom stereocenters. The minimum absolute atomic E-state index is 0.162. The van der Waals surface area contributed by atoms with Gasteiger partial charge in [-0.25, -0.2) is 9.97 Å². The average molecular weight is 508 g/mol. The van der Waals surface area contributed by atoms with Crippen molar-refractivity contribution in [1.82, 2.24) is 14.3 Å². The summed E-state index contributed by atoms with van der Waals surface area (Å²) in [6.07, 6.45) is 1.78. The highest BCUT2D eigenvalue weighted by atomic mass is 35.5. The zero-order chi connectivity index (χ0) is 24.7. The average Bonchev–Trinajstić information content (AvgIpc) is 3.11. The summed E-state index contributed by atoms with van der Waals surface area (Å²) in [5.41, 5.74) is 3.84. The van der Waals surface area contributed by atoms with Gasteiger partial charge in [-0.3, -0.25) is 9.10 Å². The molecule has 0 saturated carbocycles. The summed E-state index contributed by atoms with van der Waals surface area (Å²) in [6.45, 7) is 2.67. The van der Waals surface area contributed by atoms with E-state index in [-0.39, 0.29) is 10.6 Å². The van der Waals surface area contributed by atoms with Gasteiger partial charge in [-0.1, -0.05) is 35.9 Å². The van der Waals surface area contributed by atoms with E-state index in [1.165, 1.54) is 27.8 Å². The van der Waals surface area contributed by atoms with Crippen LogP contribution in [0.4, 0.5) is 11.4 Å². The molecule has 1 saturated heterocycles. The highest BCUT2D eigenvalue weighted by Gasteiger charge is 2.34. The summed E-state index contributed by atoms with van der Waals surface area (Å²) in [4.78, 5) is 22.1. The summed E-state index contributed by atoms with van der Waals surface area (Å²) in [6, 6.07) is 17.9. The van der Waals surface area contributed by atoms with Crippen LogP contribution in [-0.4, -0.2) is 48.7 Å². The molecule has 4 aromatic rings. The highest BCUT2D eigenvalue weighted by molar-refractivity contribution is 7.90. The Balaban J connectivity index is 1.40. The first-order valence-corrected chi connectivity index (χ1v) is 12.7. The van der Waals surface area contributed by atoms with Gasteiger partial charge in [0.2, 0.25) is 0 Å². The van der Waals surface area contributed by atoms with Gasteiger partial charge in [-0.2, -0.15) is 12.7 Å². The van der Waals surface area contributed by atoms with Crippen LogP contribution in [0.15, 0.2) is 66.9 Å². The molecule has 2 heterocycles. The third-order valence-corrected chi connectivity index (χ3v) is 8.23. The molecule has 5 rings (SSSR count). The Bertz CT molecular complexity index is 1570. The number of carbonyl (C=O) groups is 1. The van der Waals surface area contributed by atoms with Gasteiger partial charge in [0.1, 0.15) is 0 Å². The van der Waals surface area contributed by atoms with Crippen molar-refractivity contribution in [2.45, 2.75) is 6.92 Å². The smallest absolute Gasteiger partial charge is 0.303 e. The molecule has 0 aliphatic carbocycles. The number of nitrogens with one attached hydrogen (secondary N) is 1. The number of hydrogen-bond acceptors (Lipinski definition) is 5. The fourth-order valence-electron chi connectivity index (χ4n) is 3.98. The number of para-hydroxylation sites is 1. The third kappa shape index (κ3) is 4.34. The number of halogens is 1. The molecule has 0 radical (unpaired) electrons. The lowest BCUT2D eigenvalue weighted by Gasteiger charge is -2.19. The maximum atomic E-state index is 13.0. The largest absolute Gasteiger partial charge is 0.322 e. The van der Waals surface area contributed by atoms with Crippen molar-refractivity contribution < 1.29 is 13.2 Å². The number of amides is 1. The molecular weight excluding hydrogens is 486 g/mol. The zero-order valence-corrected chi connectivity index (χ0v) is 20.6. The monoisotopic (exact) mass is 507 g/mol. The normalized spacial score (nSPS) is 15.5. The van der Waals surface area contributed by atoms with E-state index in [0.29, 0.717) is 30.3 Å². The summed E-state index contributed by atoms with van der Waals surface area (Å²) in [5.74, 6) is 0.161. The van der Waals surface area contributed by atoms with Gasteiger partial charge in [-0.05, 0) is 48.9 Å². The van der Waals surface area contributed by atoms with Crippen molar-refractivity contribution in [3.8, 4) is 11.4 Å². The van der Waals surface area contributed by atoms with Gasteiger partial charge >= 0.3 is 10.2 Å². The number of fused-ring (bicyclic) bond motifs is 1. The topological polar surface area (TPSA) is 95.5 Å². The lowest BCUT2D eigenvalue weighted by Crippen LogP contribution is -2.30. The Hall–Kier alpha value is -3.53. The predicted octanol–water partition coefficient (Wildman–Crippen LogP) is 4.51. The number of carbonyl (C=O) groups excluding carboxylic acids is 1. The molecule has 10 heteroatoms. The van der Waals surface area contributed by atoms with Crippen molar-refractivity contribution in [3.05, 3.63) is 83.0 Å². The van der Waals surface area contributed by atoms with Gasteiger partial charge in [0.25, 0.3) is 5.91 Å². The van der Waals surface area contributed by atoms with Gasteiger partial charge < -0.3 is 5.32 Å². The maximum absolute atomic E-state index is 13.0. The molecule has 1 fully saturated rings. The van der Waals surface area contributed by atoms with Crippen LogP contribution < -0.4 is 9.62 Å². The fraction of sp³-hybridized carbons (Fsp3) is 0.160. The number of aromatic nitrogens is 2. The molecule has 178 valence electrons. The number of hydrogen-bond donors (Lipinski definition) is 1. The molecule has 3 aromatic carbocycles.